The lowest BCUT2D eigenvalue weighted by Gasteiger charge is -2.25. The third kappa shape index (κ3) is 5.97. The Hall–Kier alpha value is -3.90. The van der Waals surface area contributed by atoms with Crippen LogP contribution in [-0.2, 0) is 16.6 Å². The number of para-hydroxylation sites is 1. The molecule has 178 valence electrons. The summed E-state index contributed by atoms with van der Waals surface area (Å²) in [6.07, 6.45) is 0. The van der Waals surface area contributed by atoms with Crippen molar-refractivity contribution in [3.8, 4) is 0 Å². The molecule has 0 aliphatic heterocycles. The van der Waals surface area contributed by atoms with Gasteiger partial charge in [0, 0.05) is 12.1 Å². The lowest BCUT2D eigenvalue weighted by molar-refractivity contribution is 0.0951. The molecule has 4 rings (SSSR count). The molecule has 0 spiro atoms. The maximum Gasteiger partial charge on any atom is 0.264 e. The molecule has 1 N–H and O–H groups in total. The SMILES string of the molecule is CC(CNC(=O)c1ccc(CN(c2ccccc2)S(=O)(=O)c2ccccc2)cc1)c1ccccc1. The number of hydrogen-bond donors (Lipinski definition) is 1. The molecule has 6 heteroatoms. The van der Waals surface area contributed by atoms with Crippen molar-refractivity contribution in [2.75, 3.05) is 10.8 Å². The molecule has 0 saturated carbocycles. The lowest BCUT2D eigenvalue weighted by atomic mass is 10.0. The Morgan fingerprint density at radius 2 is 1.31 bits per heavy atom. The number of sulfonamides is 1. The maximum atomic E-state index is 13.4. The molecule has 0 aromatic heterocycles. The van der Waals surface area contributed by atoms with Gasteiger partial charge >= 0.3 is 0 Å². The zero-order valence-electron chi connectivity index (χ0n) is 19.5. The Morgan fingerprint density at radius 1 is 0.771 bits per heavy atom. The number of carbonyl (C=O) groups excluding carboxylic acids is 1. The average Bonchev–Trinajstić information content (AvgIpc) is 2.92. The maximum absolute atomic E-state index is 13.4. The Balaban J connectivity index is 1.48. The highest BCUT2D eigenvalue weighted by molar-refractivity contribution is 7.92. The molecule has 0 fully saturated rings. The fourth-order valence-electron chi connectivity index (χ4n) is 3.80. The Bertz CT molecular complexity index is 1340. The number of benzene rings is 4. The van der Waals surface area contributed by atoms with Crippen molar-refractivity contribution < 1.29 is 13.2 Å². The highest BCUT2D eigenvalue weighted by atomic mass is 32.2. The smallest absolute Gasteiger partial charge is 0.264 e. The predicted molar refractivity (Wildman–Crippen MR) is 140 cm³/mol. The van der Waals surface area contributed by atoms with E-state index < -0.39 is 10.0 Å². The van der Waals surface area contributed by atoms with Crippen molar-refractivity contribution in [3.05, 3.63) is 132 Å². The summed E-state index contributed by atoms with van der Waals surface area (Å²) in [6.45, 7) is 2.75. The summed E-state index contributed by atoms with van der Waals surface area (Å²) in [6, 6.07) is 34.5. The zero-order valence-corrected chi connectivity index (χ0v) is 20.4. The summed E-state index contributed by atoms with van der Waals surface area (Å²) < 4.78 is 28.3. The number of nitrogens with zero attached hydrogens (tertiary/aromatic N) is 1. The molecular weight excluding hydrogens is 456 g/mol. The van der Waals surface area contributed by atoms with Crippen LogP contribution in [0.2, 0.25) is 0 Å². The van der Waals surface area contributed by atoms with E-state index in [2.05, 4.69) is 12.2 Å². The van der Waals surface area contributed by atoms with Crippen LogP contribution in [0.15, 0.2) is 120 Å². The minimum absolute atomic E-state index is 0.147. The molecule has 1 unspecified atom stereocenters. The molecule has 0 bridgehead atoms. The van der Waals surface area contributed by atoms with E-state index in [1.807, 2.05) is 48.5 Å². The number of nitrogens with one attached hydrogen (secondary N) is 1. The highest BCUT2D eigenvalue weighted by Crippen LogP contribution is 2.26. The third-order valence-corrected chi connectivity index (χ3v) is 7.64. The molecule has 4 aromatic rings. The largest absolute Gasteiger partial charge is 0.351 e. The number of hydrogen-bond acceptors (Lipinski definition) is 3. The fraction of sp³-hybridized carbons (Fsp3) is 0.138. The lowest BCUT2D eigenvalue weighted by Crippen LogP contribution is -2.30. The van der Waals surface area contributed by atoms with E-state index in [0.29, 0.717) is 17.8 Å². The van der Waals surface area contributed by atoms with Gasteiger partial charge in [-0.15, -0.1) is 0 Å². The third-order valence-electron chi connectivity index (χ3n) is 5.86. The first kappa shape index (κ1) is 24.2. The van der Waals surface area contributed by atoms with Crippen LogP contribution in [0.4, 0.5) is 5.69 Å². The Labute approximate surface area is 207 Å². The van der Waals surface area contributed by atoms with Gasteiger partial charge in [0.15, 0.2) is 0 Å². The van der Waals surface area contributed by atoms with Gasteiger partial charge < -0.3 is 5.32 Å². The van der Waals surface area contributed by atoms with Gasteiger partial charge in [0.2, 0.25) is 0 Å². The Morgan fingerprint density at radius 3 is 1.91 bits per heavy atom. The summed E-state index contributed by atoms with van der Waals surface area (Å²) in [5, 5.41) is 2.98. The van der Waals surface area contributed by atoms with Gasteiger partial charge in [0.1, 0.15) is 0 Å². The molecule has 1 amide bonds. The summed E-state index contributed by atoms with van der Waals surface area (Å²) >= 11 is 0. The predicted octanol–water partition coefficient (Wildman–Crippen LogP) is 5.62. The van der Waals surface area contributed by atoms with Crippen LogP contribution in [0.1, 0.15) is 34.3 Å². The molecular formula is C29H28N2O3S. The summed E-state index contributed by atoms with van der Waals surface area (Å²) in [5.74, 6) is 0.0400. The van der Waals surface area contributed by atoms with E-state index in [0.717, 1.165) is 5.56 Å². The van der Waals surface area contributed by atoms with Crippen LogP contribution in [0.5, 0.6) is 0 Å². The molecule has 4 aromatic carbocycles. The van der Waals surface area contributed by atoms with E-state index in [4.69, 9.17) is 0 Å². The van der Waals surface area contributed by atoms with Crippen molar-refractivity contribution in [1.29, 1.82) is 0 Å². The van der Waals surface area contributed by atoms with Gasteiger partial charge in [-0.05, 0) is 53.4 Å². The molecule has 35 heavy (non-hydrogen) atoms. The molecule has 0 heterocycles. The topological polar surface area (TPSA) is 66.5 Å². The molecule has 0 radical (unpaired) electrons. The number of carbonyl (C=O) groups is 1. The first-order valence-corrected chi connectivity index (χ1v) is 12.9. The summed E-state index contributed by atoms with van der Waals surface area (Å²) in [7, 11) is -3.77. The van der Waals surface area contributed by atoms with E-state index in [1.165, 1.54) is 9.87 Å². The Kier molecular flexibility index (Phi) is 7.63. The van der Waals surface area contributed by atoms with Crippen molar-refractivity contribution in [2.24, 2.45) is 0 Å². The quantitative estimate of drug-likeness (QED) is 0.336. The van der Waals surface area contributed by atoms with Gasteiger partial charge in [-0.25, -0.2) is 8.42 Å². The minimum atomic E-state index is -3.77. The first-order valence-electron chi connectivity index (χ1n) is 11.5. The van der Waals surface area contributed by atoms with Gasteiger partial charge in [-0.1, -0.05) is 85.8 Å². The number of anilines is 1. The standard InChI is InChI=1S/C29H28N2O3S/c1-23(25-11-5-2-6-12-25)21-30-29(32)26-19-17-24(18-20-26)22-31(27-13-7-3-8-14-27)35(33,34)28-15-9-4-10-16-28/h2-20,23H,21-22H2,1H3,(H,30,32). The second-order valence-electron chi connectivity index (χ2n) is 8.38. The molecule has 0 aliphatic carbocycles. The number of amides is 1. The fourth-order valence-corrected chi connectivity index (χ4v) is 5.28. The van der Waals surface area contributed by atoms with Crippen LogP contribution in [0, 0.1) is 0 Å². The van der Waals surface area contributed by atoms with E-state index in [1.54, 1.807) is 66.7 Å². The van der Waals surface area contributed by atoms with Crippen molar-refractivity contribution >= 4 is 21.6 Å². The highest BCUT2D eigenvalue weighted by Gasteiger charge is 2.25. The second kappa shape index (κ2) is 11.0. The van der Waals surface area contributed by atoms with Crippen molar-refractivity contribution in [1.82, 2.24) is 5.32 Å². The van der Waals surface area contributed by atoms with Crippen molar-refractivity contribution in [2.45, 2.75) is 24.3 Å². The molecule has 5 nitrogen and oxygen atoms in total. The summed E-state index contributed by atoms with van der Waals surface area (Å²) in [4.78, 5) is 12.9. The van der Waals surface area contributed by atoms with Gasteiger partial charge in [-0.3, -0.25) is 9.10 Å². The van der Waals surface area contributed by atoms with E-state index in [9.17, 15) is 13.2 Å². The monoisotopic (exact) mass is 484 g/mol. The first-order chi connectivity index (χ1) is 16.9. The second-order valence-corrected chi connectivity index (χ2v) is 10.2. The van der Waals surface area contributed by atoms with Gasteiger partial charge in [0.05, 0.1) is 17.1 Å². The van der Waals surface area contributed by atoms with Crippen LogP contribution in [0.3, 0.4) is 0 Å². The van der Waals surface area contributed by atoms with Crippen LogP contribution < -0.4 is 9.62 Å². The number of rotatable bonds is 9. The summed E-state index contributed by atoms with van der Waals surface area (Å²) in [5.41, 5.74) is 3.06. The molecule has 1 atom stereocenters. The normalized spacial score (nSPS) is 12.0. The minimum Gasteiger partial charge on any atom is -0.351 e. The average molecular weight is 485 g/mol. The van der Waals surface area contributed by atoms with Crippen LogP contribution in [-0.4, -0.2) is 20.9 Å². The zero-order chi connectivity index (χ0) is 24.7. The van der Waals surface area contributed by atoms with Crippen LogP contribution in [0.25, 0.3) is 0 Å². The van der Waals surface area contributed by atoms with E-state index in [-0.39, 0.29) is 23.3 Å². The van der Waals surface area contributed by atoms with Crippen molar-refractivity contribution in [3.63, 3.8) is 0 Å². The molecule has 0 saturated heterocycles. The molecule has 0 aliphatic rings. The van der Waals surface area contributed by atoms with Crippen LogP contribution >= 0.6 is 0 Å². The van der Waals surface area contributed by atoms with Gasteiger partial charge in [-0.2, -0.15) is 0 Å². The van der Waals surface area contributed by atoms with E-state index >= 15 is 0 Å². The van der Waals surface area contributed by atoms with Gasteiger partial charge in [0.25, 0.3) is 15.9 Å².